The van der Waals surface area contributed by atoms with Crippen LogP contribution < -0.4 is 5.73 Å². The number of hydrogen-bond acceptors (Lipinski definition) is 3. The molecule has 0 spiro atoms. The summed E-state index contributed by atoms with van der Waals surface area (Å²) in [6.45, 7) is 13.2. The van der Waals surface area contributed by atoms with Crippen LogP contribution in [-0.4, -0.2) is 29.5 Å². The first-order chi connectivity index (χ1) is 7.35. The molecule has 0 aliphatic carbocycles. The van der Waals surface area contributed by atoms with Gasteiger partial charge in [0, 0.05) is 6.54 Å². The molecule has 0 bridgehead atoms. The van der Waals surface area contributed by atoms with E-state index in [1.54, 1.807) is 0 Å². The molecule has 94 valence electrons. The second-order valence-electron chi connectivity index (χ2n) is 6.11. The zero-order valence-corrected chi connectivity index (χ0v) is 11.5. The average molecular weight is 225 g/mol. The summed E-state index contributed by atoms with van der Waals surface area (Å²) < 4.78 is 0. The average Bonchev–Trinajstić information content (AvgIpc) is 2.44. The zero-order valence-electron chi connectivity index (χ0n) is 11.5. The third-order valence-electron chi connectivity index (χ3n) is 3.32. The van der Waals surface area contributed by atoms with Gasteiger partial charge >= 0.3 is 0 Å². The molecule has 1 atom stereocenters. The van der Waals surface area contributed by atoms with Gasteiger partial charge in [-0.05, 0) is 31.6 Å². The summed E-state index contributed by atoms with van der Waals surface area (Å²) in [7, 11) is 0. The van der Waals surface area contributed by atoms with Crippen molar-refractivity contribution in [2.75, 3.05) is 13.1 Å². The number of nitrogens with two attached hydrogens (primary N) is 1. The van der Waals surface area contributed by atoms with Crippen molar-refractivity contribution in [1.29, 1.82) is 0 Å². The standard InChI is InChI=1S/C13H27N3/c1-10(2)6-7-13(5)9-15-12(14)16(13)8-11(3)4/h10-11H,6-9H2,1-5H3,(H2,14,15). The van der Waals surface area contributed by atoms with Gasteiger partial charge in [-0.3, -0.25) is 4.99 Å². The van der Waals surface area contributed by atoms with Gasteiger partial charge in [0.15, 0.2) is 5.96 Å². The summed E-state index contributed by atoms with van der Waals surface area (Å²) >= 11 is 0. The fraction of sp³-hybridized carbons (Fsp3) is 0.923. The highest BCUT2D eigenvalue weighted by Crippen LogP contribution is 2.28. The largest absolute Gasteiger partial charge is 0.370 e. The van der Waals surface area contributed by atoms with Crippen LogP contribution in [0.1, 0.15) is 47.5 Å². The zero-order chi connectivity index (χ0) is 12.3. The van der Waals surface area contributed by atoms with Crippen LogP contribution in [-0.2, 0) is 0 Å². The molecule has 0 fully saturated rings. The van der Waals surface area contributed by atoms with Crippen LogP contribution in [0.5, 0.6) is 0 Å². The van der Waals surface area contributed by atoms with Crippen molar-refractivity contribution in [2.45, 2.75) is 53.0 Å². The number of guanidine groups is 1. The molecule has 3 heteroatoms. The summed E-state index contributed by atoms with van der Waals surface area (Å²) in [5.74, 6) is 2.12. The van der Waals surface area contributed by atoms with Crippen LogP contribution in [0.4, 0.5) is 0 Å². The second kappa shape index (κ2) is 5.07. The SMILES string of the molecule is CC(C)CCC1(C)CN=C(N)N1CC(C)C. The third-order valence-corrected chi connectivity index (χ3v) is 3.32. The number of aliphatic imine (C=N–C) groups is 1. The van der Waals surface area contributed by atoms with E-state index >= 15 is 0 Å². The first-order valence-corrected chi connectivity index (χ1v) is 6.42. The van der Waals surface area contributed by atoms with Crippen LogP contribution in [0.2, 0.25) is 0 Å². The molecule has 0 radical (unpaired) electrons. The first-order valence-electron chi connectivity index (χ1n) is 6.42. The van der Waals surface area contributed by atoms with E-state index in [9.17, 15) is 0 Å². The van der Waals surface area contributed by atoms with Gasteiger partial charge in [-0.15, -0.1) is 0 Å². The minimum absolute atomic E-state index is 0.151. The van der Waals surface area contributed by atoms with Crippen molar-refractivity contribution in [3.05, 3.63) is 0 Å². The van der Waals surface area contributed by atoms with Crippen LogP contribution in [0.3, 0.4) is 0 Å². The van der Waals surface area contributed by atoms with Crippen LogP contribution in [0.25, 0.3) is 0 Å². The third kappa shape index (κ3) is 3.13. The van der Waals surface area contributed by atoms with Crippen LogP contribution >= 0.6 is 0 Å². The summed E-state index contributed by atoms with van der Waals surface area (Å²) in [6, 6.07) is 0. The molecule has 0 aromatic carbocycles. The van der Waals surface area contributed by atoms with Gasteiger partial charge in [0.1, 0.15) is 0 Å². The van der Waals surface area contributed by atoms with Crippen LogP contribution in [0, 0.1) is 11.8 Å². The molecule has 1 aliphatic rings. The second-order valence-corrected chi connectivity index (χ2v) is 6.11. The van der Waals surface area contributed by atoms with Crippen molar-refractivity contribution in [3.63, 3.8) is 0 Å². The lowest BCUT2D eigenvalue weighted by Crippen LogP contribution is -2.51. The van der Waals surface area contributed by atoms with Crippen molar-refractivity contribution >= 4 is 5.96 Å². The molecule has 2 N–H and O–H groups in total. The summed E-state index contributed by atoms with van der Waals surface area (Å²) in [5.41, 5.74) is 6.14. The molecule has 0 aromatic heterocycles. The Morgan fingerprint density at radius 3 is 2.44 bits per heavy atom. The van der Waals surface area contributed by atoms with Gasteiger partial charge in [0.25, 0.3) is 0 Å². The molecule has 0 amide bonds. The Bertz CT molecular complexity index is 258. The summed E-state index contributed by atoms with van der Waals surface area (Å²) in [6.07, 6.45) is 2.43. The monoisotopic (exact) mass is 225 g/mol. The molecule has 0 saturated heterocycles. The van der Waals surface area contributed by atoms with E-state index in [0.717, 1.165) is 25.0 Å². The van der Waals surface area contributed by atoms with Crippen LogP contribution in [0.15, 0.2) is 4.99 Å². The highest BCUT2D eigenvalue weighted by atomic mass is 15.3. The van der Waals surface area contributed by atoms with Crippen molar-refractivity contribution in [2.24, 2.45) is 22.6 Å². The number of rotatable bonds is 5. The molecule has 1 heterocycles. The van der Waals surface area contributed by atoms with Gasteiger partial charge in [0.2, 0.25) is 0 Å². The molecule has 0 aromatic rings. The Labute approximate surface area is 100 Å². The van der Waals surface area contributed by atoms with Crippen molar-refractivity contribution in [1.82, 2.24) is 4.90 Å². The van der Waals surface area contributed by atoms with E-state index in [-0.39, 0.29) is 5.54 Å². The minimum atomic E-state index is 0.151. The fourth-order valence-corrected chi connectivity index (χ4v) is 2.19. The molecule has 1 aliphatic heterocycles. The van der Waals surface area contributed by atoms with Gasteiger partial charge in [-0.1, -0.05) is 27.7 Å². The van der Waals surface area contributed by atoms with Gasteiger partial charge in [-0.2, -0.15) is 0 Å². The van der Waals surface area contributed by atoms with E-state index < -0.39 is 0 Å². The maximum atomic E-state index is 5.99. The lowest BCUT2D eigenvalue weighted by molar-refractivity contribution is 0.180. The molecule has 3 nitrogen and oxygen atoms in total. The summed E-state index contributed by atoms with van der Waals surface area (Å²) in [4.78, 5) is 6.73. The lowest BCUT2D eigenvalue weighted by Gasteiger charge is -2.38. The minimum Gasteiger partial charge on any atom is -0.370 e. The molecular weight excluding hydrogens is 198 g/mol. The lowest BCUT2D eigenvalue weighted by atomic mass is 9.90. The maximum absolute atomic E-state index is 5.99. The molecule has 1 unspecified atom stereocenters. The van der Waals surface area contributed by atoms with E-state index in [2.05, 4.69) is 44.5 Å². The maximum Gasteiger partial charge on any atom is 0.191 e. The predicted octanol–water partition coefficient (Wildman–Crippen LogP) is 2.47. The predicted molar refractivity (Wildman–Crippen MR) is 70.5 cm³/mol. The topological polar surface area (TPSA) is 41.6 Å². The van der Waals surface area contributed by atoms with Crippen molar-refractivity contribution < 1.29 is 0 Å². The summed E-state index contributed by atoms with van der Waals surface area (Å²) in [5, 5.41) is 0. The quantitative estimate of drug-likeness (QED) is 0.781. The number of nitrogens with zero attached hydrogens (tertiary/aromatic N) is 2. The Morgan fingerprint density at radius 1 is 1.31 bits per heavy atom. The molecule has 1 rings (SSSR count). The Balaban J connectivity index is 2.64. The van der Waals surface area contributed by atoms with Crippen molar-refractivity contribution in [3.8, 4) is 0 Å². The molecular formula is C13H27N3. The van der Waals surface area contributed by atoms with E-state index in [1.165, 1.54) is 12.8 Å². The fourth-order valence-electron chi connectivity index (χ4n) is 2.19. The Kier molecular flexibility index (Phi) is 4.22. The van der Waals surface area contributed by atoms with Gasteiger partial charge in [-0.25, -0.2) is 0 Å². The smallest absolute Gasteiger partial charge is 0.191 e. The van der Waals surface area contributed by atoms with Gasteiger partial charge < -0.3 is 10.6 Å². The molecule has 0 saturated carbocycles. The van der Waals surface area contributed by atoms with E-state index in [1.807, 2.05) is 0 Å². The van der Waals surface area contributed by atoms with Gasteiger partial charge in [0.05, 0.1) is 12.1 Å². The normalized spacial score (nSPS) is 25.7. The molecule has 16 heavy (non-hydrogen) atoms. The highest BCUT2D eigenvalue weighted by molar-refractivity contribution is 5.80. The first kappa shape index (κ1) is 13.3. The van der Waals surface area contributed by atoms with E-state index in [4.69, 9.17) is 5.73 Å². The Hall–Kier alpha value is -0.730. The number of hydrogen-bond donors (Lipinski definition) is 1. The highest BCUT2D eigenvalue weighted by Gasteiger charge is 2.37. The van der Waals surface area contributed by atoms with E-state index in [0.29, 0.717) is 5.92 Å². The Morgan fingerprint density at radius 2 is 1.94 bits per heavy atom.